The molecular weight excluding hydrogens is 192 g/mol. The average molecular weight is 204 g/mol. The molecule has 3 rings (SSSR count). The maximum Gasteiger partial charge on any atom is 0.248 e. The van der Waals surface area contributed by atoms with E-state index >= 15 is 0 Å². The molecule has 78 valence electrons. The normalized spacial score (nSPS) is 19.1. The first-order chi connectivity index (χ1) is 7.24. The molecule has 0 atom stereocenters. The fourth-order valence-electron chi connectivity index (χ4n) is 2.03. The fourth-order valence-corrected chi connectivity index (χ4v) is 2.03. The number of carbonyl (C=O) groups excluding carboxylic acids is 1. The number of hydrogen-bond acceptors (Lipinski definition) is 2. The number of H-pyrrole nitrogens is 1. The molecule has 1 aromatic rings. The van der Waals surface area contributed by atoms with Crippen LogP contribution < -0.4 is 5.56 Å². The van der Waals surface area contributed by atoms with E-state index < -0.39 is 0 Å². The van der Waals surface area contributed by atoms with Gasteiger partial charge in [0.25, 0.3) is 0 Å². The molecule has 4 heteroatoms. The van der Waals surface area contributed by atoms with Crippen LogP contribution in [-0.4, -0.2) is 15.8 Å². The molecule has 0 spiro atoms. The predicted molar refractivity (Wildman–Crippen MR) is 54.0 cm³/mol. The Morgan fingerprint density at radius 2 is 2.13 bits per heavy atom. The number of rotatable bonds is 1. The van der Waals surface area contributed by atoms with E-state index in [-0.39, 0.29) is 17.4 Å². The van der Waals surface area contributed by atoms with E-state index in [2.05, 4.69) is 4.98 Å². The van der Waals surface area contributed by atoms with E-state index in [9.17, 15) is 9.59 Å². The van der Waals surface area contributed by atoms with Gasteiger partial charge in [-0.25, -0.2) is 0 Å². The summed E-state index contributed by atoms with van der Waals surface area (Å²) in [5.41, 5.74) is 1.88. The van der Waals surface area contributed by atoms with Crippen molar-refractivity contribution in [3.05, 3.63) is 33.7 Å². The summed E-state index contributed by atoms with van der Waals surface area (Å²) in [5, 5.41) is 0. The lowest BCUT2D eigenvalue weighted by atomic mass is 10.2. The van der Waals surface area contributed by atoms with Crippen LogP contribution in [0.5, 0.6) is 0 Å². The molecule has 1 N–H and O–H groups in total. The first kappa shape index (κ1) is 8.71. The second-order valence-electron chi connectivity index (χ2n) is 4.29. The largest absolute Gasteiger partial charge is 0.332 e. The second-order valence-corrected chi connectivity index (χ2v) is 4.29. The Balaban J connectivity index is 1.85. The van der Waals surface area contributed by atoms with Crippen LogP contribution in [0.3, 0.4) is 0 Å². The van der Waals surface area contributed by atoms with Gasteiger partial charge in [0.05, 0.1) is 6.54 Å². The lowest BCUT2D eigenvalue weighted by molar-refractivity contribution is -0.133. The van der Waals surface area contributed by atoms with Gasteiger partial charge in [-0.15, -0.1) is 0 Å². The van der Waals surface area contributed by atoms with Crippen LogP contribution >= 0.6 is 0 Å². The Kier molecular flexibility index (Phi) is 1.71. The van der Waals surface area contributed by atoms with Crippen molar-refractivity contribution in [1.29, 1.82) is 0 Å². The monoisotopic (exact) mass is 204 g/mol. The topological polar surface area (TPSA) is 53.2 Å². The molecule has 1 saturated carbocycles. The molecular formula is C11H12N2O2. The summed E-state index contributed by atoms with van der Waals surface area (Å²) in [5.74, 6) is 0.498. The summed E-state index contributed by atoms with van der Waals surface area (Å²) < 4.78 is 0. The molecule has 0 saturated heterocycles. The zero-order chi connectivity index (χ0) is 10.4. The maximum atomic E-state index is 11.8. The Bertz CT molecular complexity index is 474. The van der Waals surface area contributed by atoms with Crippen LogP contribution in [-0.2, 0) is 17.9 Å². The summed E-state index contributed by atoms with van der Waals surface area (Å²) in [6.07, 6.45) is 2.06. The van der Waals surface area contributed by atoms with Crippen LogP contribution in [0.1, 0.15) is 24.1 Å². The highest BCUT2D eigenvalue weighted by molar-refractivity contribution is 5.81. The quantitative estimate of drug-likeness (QED) is 0.729. The highest BCUT2D eigenvalue weighted by Gasteiger charge is 2.35. The van der Waals surface area contributed by atoms with Gasteiger partial charge in [0.2, 0.25) is 11.5 Å². The van der Waals surface area contributed by atoms with E-state index in [1.54, 1.807) is 0 Å². The van der Waals surface area contributed by atoms with Crippen molar-refractivity contribution in [2.24, 2.45) is 5.92 Å². The number of pyridine rings is 1. The van der Waals surface area contributed by atoms with Gasteiger partial charge in [0, 0.05) is 24.2 Å². The Morgan fingerprint density at radius 1 is 1.33 bits per heavy atom. The minimum atomic E-state index is -0.0885. The SMILES string of the molecule is O=C(C1CC1)N1Cc2ccc(=O)[nH]c2C1. The number of amides is 1. The van der Waals surface area contributed by atoms with E-state index in [4.69, 9.17) is 0 Å². The van der Waals surface area contributed by atoms with Crippen LogP contribution in [0.25, 0.3) is 0 Å². The minimum Gasteiger partial charge on any atom is -0.332 e. The number of aromatic nitrogens is 1. The summed E-state index contributed by atoms with van der Waals surface area (Å²) in [6, 6.07) is 3.33. The molecule has 0 bridgehead atoms. The molecule has 4 nitrogen and oxygen atoms in total. The van der Waals surface area contributed by atoms with Gasteiger partial charge in [0.15, 0.2) is 0 Å². The number of aromatic amines is 1. The van der Waals surface area contributed by atoms with Crippen molar-refractivity contribution in [3.63, 3.8) is 0 Å². The van der Waals surface area contributed by atoms with Crippen LogP contribution in [0, 0.1) is 5.92 Å². The Labute approximate surface area is 86.9 Å². The van der Waals surface area contributed by atoms with Gasteiger partial charge in [-0.3, -0.25) is 9.59 Å². The fraction of sp³-hybridized carbons (Fsp3) is 0.455. The molecule has 0 radical (unpaired) electrons. The zero-order valence-corrected chi connectivity index (χ0v) is 8.32. The van der Waals surface area contributed by atoms with Crippen molar-refractivity contribution < 1.29 is 4.79 Å². The number of fused-ring (bicyclic) bond motifs is 1. The molecule has 1 aliphatic carbocycles. The first-order valence-corrected chi connectivity index (χ1v) is 5.24. The zero-order valence-electron chi connectivity index (χ0n) is 8.32. The molecule has 1 aromatic heterocycles. The molecule has 1 aliphatic heterocycles. The third-order valence-electron chi connectivity index (χ3n) is 3.05. The van der Waals surface area contributed by atoms with E-state index in [0.29, 0.717) is 13.1 Å². The third kappa shape index (κ3) is 1.46. The molecule has 1 amide bonds. The summed E-state index contributed by atoms with van der Waals surface area (Å²) in [7, 11) is 0. The average Bonchev–Trinajstić information content (AvgIpc) is 2.97. The van der Waals surface area contributed by atoms with Gasteiger partial charge >= 0.3 is 0 Å². The van der Waals surface area contributed by atoms with Gasteiger partial charge in [-0.05, 0) is 24.5 Å². The molecule has 2 heterocycles. The first-order valence-electron chi connectivity index (χ1n) is 5.24. The van der Waals surface area contributed by atoms with Gasteiger partial charge in [-0.1, -0.05) is 0 Å². The van der Waals surface area contributed by atoms with Crippen LogP contribution in [0.2, 0.25) is 0 Å². The van der Waals surface area contributed by atoms with Crippen molar-refractivity contribution >= 4 is 5.91 Å². The number of hydrogen-bond donors (Lipinski definition) is 1. The van der Waals surface area contributed by atoms with E-state index in [0.717, 1.165) is 24.1 Å². The Hall–Kier alpha value is -1.58. The van der Waals surface area contributed by atoms with Gasteiger partial charge < -0.3 is 9.88 Å². The smallest absolute Gasteiger partial charge is 0.248 e. The van der Waals surface area contributed by atoms with E-state index in [1.165, 1.54) is 6.07 Å². The highest BCUT2D eigenvalue weighted by atomic mass is 16.2. The van der Waals surface area contributed by atoms with Crippen molar-refractivity contribution in [2.45, 2.75) is 25.9 Å². The standard InChI is InChI=1S/C11H12N2O2/c14-10-4-3-8-5-13(6-9(8)12-10)11(15)7-1-2-7/h3-4,7H,1-2,5-6H2,(H,12,14). The van der Waals surface area contributed by atoms with Gasteiger partial charge in [0.1, 0.15) is 0 Å². The maximum absolute atomic E-state index is 11.8. The minimum absolute atomic E-state index is 0.0885. The third-order valence-corrected chi connectivity index (χ3v) is 3.05. The van der Waals surface area contributed by atoms with Crippen molar-refractivity contribution in [1.82, 2.24) is 9.88 Å². The van der Waals surface area contributed by atoms with E-state index in [1.807, 2.05) is 11.0 Å². The molecule has 15 heavy (non-hydrogen) atoms. The highest BCUT2D eigenvalue weighted by Crippen LogP contribution is 2.33. The molecule has 1 fully saturated rings. The van der Waals surface area contributed by atoms with Crippen molar-refractivity contribution in [3.8, 4) is 0 Å². The Morgan fingerprint density at radius 3 is 2.87 bits per heavy atom. The lowest BCUT2D eigenvalue weighted by Gasteiger charge is -2.14. The molecule has 2 aliphatic rings. The summed E-state index contributed by atoms with van der Waals surface area (Å²) >= 11 is 0. The predicted octanol–water partition coefficient (Wildman–Crippen LogP) is 0.627. The second kappa shape index (κ2) is 2.95. The summed E-state index contributed by atoms with van der Waals surface area (Å²) in [6.45, 7) is 1.22. The number of nitrogens with one attached hydrogen (secondary N) is 1. The molecule has 0 aromatic carbocycles. The van der Waals surface area contributed by atoms with Gasteiger partial charge in [-0.2, -0.15) is 0 Å². The van der Waals surface area contributed by atoms with Crippen LogP contribution in [0.4, 0.5) is 0 Å². The number of nitrogens with zero attached hydrogens (tertiary/aromatic N) is 1. The van der Waals surface area contributed by atoms with Crippen LogP contribution in [0.15, 0.2) is 16.9 Å². The van der Waals surface area contributed by atoms with Crippen molar-refractivity contribution in [2.75, 3.05) is 0 Å². The number of carbonyl (C=O) groups is 1. The lowest BCUT2D eigenvalue weighted by Crippen LogP contribution is -2.26. The summed E-state index contributed by atoms with van der Waals surface area (Å²) in [4.78, 5) is 27.5. The molecule has 0 unspecified atom stereocenters.